The number of methoxy groups -OCH3 is 1. The first-order valence-corrected chi connectivity index (χ1v) is 5.03. The summed E-state index contributed by atoms with van der Waals surface area (Å²) in [5.74, 6) is 0.596. The van der Waals surface area contributed by atoms with E-state index in [0.717, 1.165) is 24.7 Å². The van der Waals surface area contributed by atoms with Crippen LogP contribution in [0, 0.1) is 0 Å². The fourth-order valence-corrected chi connectivity index (χ4v) is 1.70. The number of nitrogens with two attached hydrogens (primary N) is 1. The van der Waals surface area contributed by atoms with Gasteiger partial charge in [-0.05, 0) is 6.42 Å². The number of ether oxygens (including phenoxy) is 1. The van der Waals surface area contributed by atoms with Gasteiger partial charge in [0.05, 0.1) is 0 Å². The van der Waals surface area contributed by atoms with Crippen LogP contribution in [0.25, 0.3) is 0 Å². The van der Waals surface area contributed by atoms with Gasteiger partial charge in [-0.25, -0.2) is 4.98 Å². The van der Waals surface area contributed by atoms with E-state index in [-0.39, 0.29) is 0 Å². The first kappa shape index (κ1) is 10.3. The topological polar surface area (TPSA) is 51.4 Å². The molecule has 1 aromatic rings. The average molecular weight is 201 g/mol. The summed E-state index contributed by atoms with van der Waals surface area (Å²) in [5, 5.41) is 2.82. The number of thiazole rings is 1. The highest BCUT2D eigenvalue weighted by atomic mass is 32.1. The van der Waals surface area contributed by atoms with Crippen LogP contribution < -0.4 is 10.6 Å². The lowest BCUT2D eigenvalue weighted by atomic mass is 10.4. The molecule has 0 aliphatic heterocycles. The highest BCUT2D eigenvalue weighted by Crippen LogP contribution is 2.20. The van der Waals surface area contributed by atoms with E-state index in [2.05, 4.69) is 9.88 Å². The Morgan fingerprint density at radius 2 is 2.46 bits per heavy atom. The Labute approximate surface area is 82.3 Å². The lowest BCUT2D eigenvalue weighted by Gasteiger charge is -2.14. The summed E-state index contributed by atoms with van der Waals surface area (Å²) >= 11 is 1.56. The number of nitrogens with zero attached hydrogens (tertiary/aromatic N) is 2. The minimum absolute atomic E-state index is 0.596. The van der Waals surface area contributed by atoms with Crippen LogP contribution in [-0.2, 0) is 4.74 Å². The highest BCUT2D eigenvalue weighted by molar-refractivity contribution is 7.14. The predicted octanol–water partition coefficient (Wildman–Crippen LogP) is 1.20. The van der Waals surface area contributed by atoms with E-state index in [1.807, 2.05) is 12.4 Å². The van der Waals surface area contributed by atoms with Gasteiger partial charge in [-0.1, -0.05) is 0 Å². The molecule has 0 amide bonds. The van der Waals surface area contributed by atoms with E-state index in [4.69, 9.17) is 10.5 Å². The summed E-state index contributed by atoms with van der Waals surface area (Å²) in [6, 6.07) is 0. The van der Waals surface area contributed by atoms with Crippen molar-refractivity contribution in [2.75, 3.05) is 37.9 Å². The number of hydrogen-bond acceptors (Lipinski definition) is 5. The van der Waals surface area contributed by atoms with Crippen molar-refractivity contribution >= 4 is 22.3 Å². The van der Waals surface area contributed by atoms with Crippen LogP contribution in [-0.4, -0.2) is 32.3 Å². The Hall–Kier alpha value is -0.810. The van der Waals surface area contributed by atoms with Crippen LogP contribution in [0.2, 0.25) is 0 Å². The largest absolute Gasteiger partial charge is 0.385 e. The fourth-order valence-electron chi connectivity index (χ4n) is 0.993. The van der Waals surface area contributed by atoms with Crippen molar-refractivity contribution in [3.8, 4) is 0 Å². The standard InChI is InChI=1S/C8H15N3OS/c1-11(4-3-5-12-2)8-10-7(9)6-13-8/h6H,3-5,9H2,1-2H3. The first-order chi connectivity index (χ1) is 6.24. The van der Waals surface area contributed by atoms with Gasteiger partial charge in [0.15, 0.2) is 5.13 Å². The highest BCUT2D eigenvalue weighted by Gasteiger charge is 2.04. The van der Waals surface area contributed by atoms with Crippen LogP contribution in [0.15, 0.2) is 5.38 Å². The molecule has 1 heterocycles. The second kappa shape index (κ2) is 5.04. The van der Waals surface area contributed by atoms with Gasteiger partial charge in [-0.15, -0.1) is 11.3 Å². The Bertz CT molecular complexity index is 251. The molecule has 0 bridgehead atoms. The van der Waals surface area contributed by atoms with Crippen LogP contribution in [0.3, 0.4) is 0 Å². The van der Waals surface area contributed by atoms with E-state index in [9.17, 15) is 0 Å². The lowest BCUT2D eigenvalue weighted by Crippen LogP contribution is -2.19. The summed E-state index contributed by atoms with van der Waals surface area (Å²) in [5.41, 5.74) is 5.52. The molecule has 1 aromatic heterocycles. The zero-order chi connectivity index (χ0) is 9.68. The van der Waals surface area contributed by atoms with Crippen LogP contribution >= 0.6 is 11.3 Å². The zero-order valence-corrected chi connectivity index (χ0v) is 8.80. The number of anilines is 2. The van der Waals surface area contributed by atoms with E-state index in [0.29, 0.717) is 5.82 Å². The minimum Gasteiger partial charge on any atom is -0.385 e. The second-order valence-corrected chi connectivity index (χ2v) is 3.66. The van der Waals surface area contributed by atoms with Gasteiger partial charge in [0.1, 0.15) is 5.82 Å². The van der Waals surface area contributed by atoms with Crippen molar-refractivity contribution in [3.63, 3.8) is 0 Å². The Morgan fingerprint density at radius 3 is 3.00 bits per heavy atom. The van der Waals surface area contributed by atoms with E-state index < -0.39 is 0 Å². The quantitative estimate of drug-likeness (QED) is 0.727. The van der Waals surface area contributed by atoms with E-state index in [1.54, 1.807) is 18.4 Å². The van der Waals surface area contributed by atoms with Crippen molar-refractivity contribution in [1.82, 2.24) is 4.98 Å². The molecule has 5 heteroatoms. The summed E-state index contributed by atoms with van der Waals surface area (Å²) in [6.07, 6.45) is 1.01. The van der Waals surface area contributed by atoms with Crippen molar-refractivity contribution < 1.29 is 4.74 Å². The molecule has 0 radical (unpaired) electrons. The molecule has 0 saturated heterocycles. The van der Waals surface area contributed by atoms with Crippen molar-refractivity contribution in [2.45, 2.75) is 6.42 Å². The third-order valence-corrected chi connectivity index (χ3v) is 2.65. The maximum Gasteiger partial charge on any atom is 0.187 e. The molecule has 13 heavy (non-hydrogen) atoms. The van der Waals surface area contributed by atoms with Crippen molar-refractivity contribution in [1.29, 1.82) is 0 Å². The summed E-state index contributed by atoms with van der Waals surface area (Å²) in [4.78, 5) is 6.25. The minimum atomic E-state index is 0.596. The third kappa shape index (κ3) is 3.20. The molecular weight excluding hydrogens is 186 g/mol. The van der Waals surface area contributed by atoms with Crippen molar-refractivity contribution in [2.24, 2.45) is 0 Å². The summed E-state index contributed by atoms with van der Waals surface area (Å²) in [7, 11) is 3.72. The van der Waals surface area contributed by atoms with E-state index >= 15 is 0 Å². The zero-order valence-electron chi connectivity index (χ0n) is 7.99. The molecule has 0 spiro atoms. The first-order valence-electron chi connectivity index (χ1n) is 4.15. The number of rotatable bonds is 5. The maximum atomic E-state index is 5.52. The molecule has 0 aliphatic rings. The smallest absolute Gasteiger partial charge is 0.187 e. The van der Waals surface area contributed by atoms with Crippen LogP contribution in [0.5, 0.6) is 0 Å². The Balaban J connectivity index is 2.35. The Kier molecular flexibility index (Phi) is 3.98. The molecule has 0 saturated carbocycles. The maximum absolute atomic E-state index is 5.52. The SMILES string of the molecule is COCCCN(C)c1nc(N)cs1. The fraction of sp³-hybridized carbons (Fsp3) is 0.625. The van der Waals surface area contributed by atoms with Gasteiger partial charge in [0, 0.05) is 32.7 Å². The van der Waals surface area contributed by atoms with Crippen molar-refractivity contribution in [3.05, 3.63) is 5.38 Å². The molecular formula is C8H15N3OS. The van der Waals surface area contributed by atoms with Gasteiger partial charge in [-0.3, -0.25) is 0 Å². The van der Waals surface area contributed by atoms with Gasteiger partial charge in [-0.2, -0.15) is 0 Å². The van der Waals surface area contributed by atoms with Crippen LogP contribution in [0.1, 0.15) is 6.42 Å². The second-order valence-electron chi connectivity index (χ2n) is 2.82. The summed E-state index contributed by atoms with van der Waals surface area (Å²) in [6.45, 7) is 1.73. The molecule has 74 valence electrons. The molecule has 2 N–H and O–H groups in total. The molecule has 0 fully saturated rings. The van der Waals surface area contributed by atoms with Gasteiger partial charge in [0.2, 0.25) is 0 Å². The third-order valence-electron chi connectivity index (χ3n) is 1.68. The number of nitrogen functional groups attached to an aromatic ring is 1. The monoisotopic (exact) mass is 201 g/mol. The van der Waals surface area contributed by atoms with Crippen LogP contribution in [0.4, 0.5) is 10.9 Å². The van der Waals surface area contributed by atoms with Gasteiger partial charge < -0.3 is 15.4 Å². The normalized spacial score (nSPS) is 10.3. The Morgan fingerprint density at radius 1 is 1.69 bits per heavy atom. The van der Waals surface area contributed by atoms with Gasteiger partial charge in [0.25, 0.3) is 0 Å². The molecule has 1 rings (SSSR count). The summed E-state index contributed by atoms with van der Waals surface area (Å²) < 4.78 is 4.96. The molecule has 4 nitrogen and oxygen atoms in total. The predicted molar refractivity (Wildman–Crippen MR) is 56.3 cm³/mol. The average Bonchev–Trinajstić information content (AvgIpc) is 2.52. The molecule has 0 unspecified atom stereocenters. The molecule has 0 aliphatic carbocycles. The molecule has 0 atom stereocenters. The lowest BCUT2D eigenvalue weighted by molar-refractivity contribution is 0.196. The molecule has 0 aromatic carbocycles. The number of aromatic nitrogens is 1. The number of hydrogen-bond donors (Lipinski definition) is 1. The van der Waals surface area contributed by atoms with E-state index in [1.165, 1.54) is 0 Å². The van der Waals surface area contributed by atoms with Gasteiger partial charge >= 0.3 is 0 Å².